The number of nitrogens with two attached hydrogens (primary N) is 1. The van der Waals surface area contributed by atoms with Gasteiger partial charge in [-0.2, -0.15) is 0 Å². The van der Waals surface area contributed by atoms with Gasteiger partial charge in [0.15, 0.2) is 0 Å². The fourth-order valence-electron chi connectivity index (χ4n) is 3.81. The van der Waals surface area contributed by atoms with Crippen LogP contribution in [0, 0.1) is 17.8 Å². The van der Waals surface area contributed by atoms with Gasteiger partial charge in [0.1, 0.15) is 24.7 Å². The molecule has 39 heavy (non-hydrogen) atoms. The van der Waals surface area contributed by atoms with Crippen LogP contribution in [0.5, 0.6) is 5.75 Å². The Hall–Kier alpha value is -3.12. The largest absolute Gasteiger partial charge is 0.489 e. The molecule has 5 unspecified atom stereocenters. The molecule has 1 aromatic carbocycles. The van der Waals surface area contributed by atoms with E-state index >= 15 is 0 Å². The highest BCUT2D eigenvalue weighted by Crippen LogP contribution is 2.38. The van der Waals surface area contributed by atoms with Gasteiger partial charge in [0.25, 0.3) is 11.8 Å². The molecule has 2 aliphatic rings. The van der Waals surface area contributed by atoms with Crippen molar-refractivity contribution in [3.05, 3.63) is 41.5 Å². The zero-order valence-electron chi connectivity index (χ0n) is 20.9. The highest BCUT2D eigenvalue weighted by molar-refractivity contribution is 7.46. The molecule has 14 nitrogen and oxygen atoms in total. The lowest BCUT2D eigenvalue weighted by atomic mass is 9.92. The van der Waals surface area contributed by atoms with E-state index in [2.05, 4.69) is 27.0 Å². The molecule has 212 valence electrons. The molecule has 0 aromatic heterocycles. The number of ether oxygens (including phenoxy) is 3. The third-order valence-corrected chi connectivity index (χ3v) is 6.13. The van der Waals surface area contributed by atoms with Crippen molar-refractivity contribution in [2.75, 3.05) is 26.4 Å². The SMILES string of the molecule is CCOC(N)COc1cccc(C(=O)NCC#CC2=CC(C3CC(O)C(COP(=O)(O)O)O3)C(=O)NC2=O)c1. The normalized spacial score (nSPS) is 23.8. The third kappa shape index (κ3) is 9.24. The first-order valence-corrected chi connectivity index (χ1v) is 13.5. The van der Waals surface area contributed by atoms with Crippen LogP contribution >= 0.6 is 7.82 Å². The van der Waals surface area contributed by atoms with Crippen molar-refractivity contribution in [2.24, 2.45) is 11.7 Å². The number of amides is 3. The molecule has 7 N–H and O–H groups in total. The van der Waals surface area contributed by atoms with E-state index in [0.29, 0.717) is 17.9 Å². The molecule has 5 atom stereocenters. The molecule has 0 aliphatic carbocycles. The molecular weight excluding hydrogens is 537 g/mol. The number of phosphoric acid groups is 1. The number of carbonyl (C=O) groups excluding carboxylic acids is 3. The first kappa shape index (κ1) is 30.4. The number of benzene rings is 1. The van der Waals surface area contributed by atoms with Crippen molar-refractivity contribution in [1.29, 1.82) is 0 Å². The zero-order chi connectivity index (χ0) is 28.6. The molecule has 3 amide bonds. The van der Waals surface area contributed by atoms with Crippen molar-refractivity contribution in [1.82, 2.24) is 10.6 Å². The number of phosphoric ester groups is 1. The molecule has 0 radical (unpaired) electrons. The minimum Gasteiger partial charge on any atom is -0.489 e. The highest BCUT2D eigenvalue weighted by atomic mass is 31.2. The minimum atomic E-state index is -4.77. The lowest BCUT2D eigenvalue weighted by Gasteiger charge is -2.23. The second-order valence-electron chi connectivity index (χ2n) is 8.54. The molecule has 1 fully saturated rings. The minimum absolute atomic E-state index is 0.0327. The Labute approximate surface area is 224 Å². The van der Waals surface area contributed by atoms with Crippen molar-refractivity contribution in [2.45, 2.75) is 37.9 Å². The van der Waals surface area contributed by atoms with Gasteiger partial charge in [0.05, 0.1) is 36.9 Å². The van der Waals surface area contributed by atoms with Crippen LogP contribution in [0.15, 0.2) is 35.9 Å². The van der Waals surface area contributed by atoms with E-state index in [1.54, 1.807) is 18.2 Å². The number of rotatable bonds is 11. The van der Waals surface area contributed by atoms with E-state index in [1.807, 2.05) is 6.92 Å². The standard InChI is InChI=1S/C24H30N3O11P/c1-2-35-21(25)13-36-16-7-3-5-14(9-16)22(29)26-8-4-6-15-10-17(24(31)27-23(15)30)19-11-18(28)20(38-19)12-37-39(32,33)34/h3,5,7,9-10,17-21,28H,2,8,11-13,25H2,1H3,(H,26,29)(H,27,30,31)(H2,32,33,34). The Morgan fingerprint density at radius 3 is 2.85 bits per heavy atom. The van der Waals surface area contributed by atoms with E-state index in [-0.39, 0.29) is 25.1 Å². The van der Waals surface area contributed by atoms with Gasteiger partial charge in [-0.05, 0) is 31.2 Å². The van der Waals surface area contributed by atoms with E-state index < -0.39 is 62.6 Å². The van der Waals surface area contributed by atoms with Crippen molar-refractivity contribution >= 4 is 25.5 Å². The van der Waals surface area contributed by atoms with Gasteiger partial charge in [-0.1, -0.05) is 17.9 Å². The Morgan fingerprint density at radius 1 is 1.36 bits per heavy atom. The molecule has 2 heterocycles. The van der Waals surface area contributed by atoms with Crippen LogP contribution in [0.4, 0.5) is 0 Å². The number of aliphatic hydroxyl groups excluding tert-OH is 1. The molecule has 0 spiro atoms. The third-order valence-electron chi connectivity index (χ3n) is 5.64. The Bertz CT molecular complexity index is 1210. The maximum absolute atomic E-state index is 12.5. The van der Waals surface area contributed by atoms with Crippen molar-refractivity contribution < 1.29 is 52.6 Å². The van der Waals surface area contributed by atoms with Gasteiger partial charge in [-0.25, -0.2) is 4.57 Å². The predicted molar refractivity (Wildman–Crippen MR) is 134 cm³/mol. The van der Waals surface area contributed by atoms with Gasteiger partial charge >= 0.3 is 7.82 Å². The van der Waals surface area contributed by atoms with E-state index in [0.717, 1.165) is 0 Å². The fraction of sp³-hybridized carbons (Fsp3) is 0.458. The summed E-state index contributed by atoms with van der Waals surface area (Å²) in [4.78, 5) is 54.7. The summed E-state index contributed by atoms with van der Waals surface area (Å²) >= 11 is 0. The summed E-state index contributed by atoms with van der Waals surface area (Å²) in [6, 6.07) is 6.42. The molecule has 1 saturated heterocycles. The maximum Gasteiger partial charge on any atom is 0.469 e. The molecule has 15 heteroatoms. The molecular formula is C24H30N3O11P. The van der Waals surface area contributed by atoms with Gasteiger partial charge in [-0.15, -0.1) is 0 Å². The Balaban J connectivity index is 1.57. The number of hydrogen-bond donors (Lipinski definition) is 6. The monoisotopic (exact) mass is 567 g/mol. The summed E-state index contributed by atoms with van der Waals surface area (Å²) in [6.07, 6.45) is -2.43. The van der Waals surface area contributed by atoms with E-state index in [4.69, 9.17) is 29.7 Å². The average molecular weight is 567 g/mol. The number of nitrogens with one attached hydrogen (secondary N) is 2. The molecule has 0 saturated carbocycles. The average Bonchev–Trinajstić information content (AvgIpc) is 3.25. The fourth-order valence-corrected chi connectivity index (χ4v) is 4.16. The highest BCUT2D eigenvalue weighted by Gasteiger charge is 2.43. The molecule has 0 bridgehead atoms. The smallest absolute Gasteiger partial charge is 0.469 e. The maximum atomic E-state index is 12.5. The zero-order valence-corrected chi connectivity index (χ0v) is 21.8. The first-order valence-electron chi connectivity index (χ1n) is 11.9. The van der Waals surface area contributed by atoms with Crippen LogP contribution in [0.3, 0.4) is 0 Å². The Kier molecular flexibility index (Phi) is 10.8. The Morgan fingerprint density at radius 2 is 2.13 bits per heavy atom. The lowest BCUT2D eigenvalue weighted by Crippen LogP contribution is -2.44. The van der Waals surface area contributed by atoms with Gasteiger partial charge in [0, 0.05) is 18.6 Å². The van der Waals surface area contributed by atoms with Crippen molar-refractivity contribution in [3.8, 4) is 17.6 Å². The number of hydrogen-bond acceptors (Lipinski definition) is 10. The predicted octanol–water partition coefficient (Wildman–Crippen LogP) is -1.05. The van der Waals surface area contributed by atoms with Crippen LogP contribution in [-0.4, -0.2) is 83.5 Å². The van der Waals surface area contributed by atoms with E-state index in [1.165, 1.54) is 12.1 Å². The van der Waals surface area contributed by atoms with Crippen LogP contribution in [0.1, 0.15) is 23.7 Å². The number of carbonyl (C=O) groups is 3. The van der Waals surface area contributed by atoms with Gasteiger partial charge in [-0.3, -0.25) is 24.2 Å². The second kappa shape index (κ2) is 13.8. The quantitative estimate of drug-likeness (QED) is 0.0817. The molecule has 3 rings (SSSR count). The first-order chi connectivity index (χ1) is 18.5. The second-order valence-corrected chi connectivity index (χ2v) is 9.78. The van der Waals surface area contributed by atoms with Gasteiger partial charge in [0.2, 0.25) is 5.91 Å². The summed E-state index contributed by atoms with van der Waals surface area (Å²) in [7, 11) is -4.77. The topological polar surface area (TPSA) is 216 Å². The summed E-state index contributed by atoms with van der Waals surface area (Å²) < 4.78 is 31.6. The summed E-state index contributed by atoms with van der Waals surface area (Å²) in [6.45, 7) is 1.67. The summed E-state index contributed by atoms with van der Waals surface area (Å²) in [5.41, 5.74) is 6.00. The van der Waals surface area contributed by atoms with Crippen LogP contribution < -0.4 is 21.1 Å². The lowest BCUT2D eigenvalue weighted by molar-refractivity contribution is -0.134. The molecule has 2 aliphatic heterocycles. The number of aliphatic hydroxyl groups is 1. The molecule has 1 aromatic rings. The summed E-state index contributed by atoms with van der Waals surface area (Å²) in [5, 5.41) is 14.9. The summed E-state index contributed by atoms with van der Waals surface area (Å²) in [5.74, 6) is 2.86. The van der Waals surface area contributed by atoms with Crippen LogP contribution in [0.2, 0.25) is 0 Å². The van der Waals surface area contributed by atoms with Crippen molar-refractivity contribution in [3.63, 3.8) is 0 Å². The van der Waals surface area contributed by atoms with Crippen LogP contribution in [0.25, 0.3) is 0 Å². The van der Waals surface area contributed by atoms with Gasteiger partial charge < -0.3 is 40.2 Å². The number of imide groups is 1. The van der Waals surface area contributed by atoms with E-state index in [9.17, 15) is 24.1 Å². The van der Waals surface area contributed by atoms with Crippen LogP contribution in [-0.2, 0) is 28.2 Å².